The van der Waals surface area contributed by atoms with Gasteiger partial charge in [-0.2, -0.15) is 13.2 Å². The van der Waals surface area contributed by atoms with Crippen LogP contribution in [-0.2, 0) is 6.18 Å². The second-order valence-electron chi connectivity index (χ2n) is 9.66. The van der Waals surface area contributed by atoms with E-state index in [0.29, 0.717) is 40.2 Å². The maximum Gasteiger partial charge on any atom is 0.416 e. The average molecular weight is 561 g/mol. The van der Waals surface area contributed by atoms with E-state index in [4.69, 9.17) is 5.73 Å². The molecule has 11 heteroatoms. The summed E-state index contributed by atoms with van der Waals surface area (Å²) in [4.78, 5) is 34.7. The van der Waals surface area contributed by atoms with E-state index in [1.807, 2.05) is 0 Å². The summed E-state index contributed by atoms with van der Waals surface area (Å²) >= 11 is 0. The van der Waals surface area contributed by atoms with Crippen LogP contribution in [0.1, 0.15) is 39.3 Å². The van der Waals surface area contributed by atoms with Gasteiger partial charge in [0.2, 0.25) is 0 Å². The number of aromatic nitrogens is 2. The molecule has 0 saturated carbocycles. The van der Waals surface area contributed by atoms with Crippen molar-refractivity contribution in [1.29, 1.82) is 0 Å². The summed E-state index contributed by atoms with van der Waals surface area (Å²) in [5.74, 6) is -0.837. The number of anilines is 2. The Bertz CT molecular complexity index is 1570. The molecule has 2 amide bonds. The van der Waals surface area contributed by atoms with E-state index in [1.54, 1.807) is 48.5 Å². The molecule has 0 bridgehead atoms. The fourth-order valence-corrected chi connectivity index (χ4v) is 4.66. The Balaban J connectivity index is 1.35. The fourth-order valence-electron chi connectivity index (χ4n) is 4.66. The first kappa shape index (κ1) is 27.8. The van der Waals surface area contributed by atoms with Gasteiger partial charge in [0.05, 0.1) is 17.5 Å². The molecular formula is C30H27F3N6O2. The largest absolute Gasteiger partial charge is 0.416 e. The number of nitrogens with zero attached hydrogens (tertiary/aromatic N) is 2. The van der Waals surface area contributed by atoms with Gasteiger partial charge in [-0.25, -0.2) is 9.97 Å². The second-order valence-corrected chi connectivity index (χ2v) is 9.66. The van der Waals surface area contributed by atoms with Gasteiger partial charge in [-0.05, 0) is 60.8 Å². The molecule has 2 heterocycles. The van der Waals surface area contributed by atoms with Gasteiger partial charge in [0.25, 0.3) is 11.8 Å². The maximum absolute atomic E-state index is 13.3. The summed E-state index contributed by atoms with van der Waals surface area (Å²) in [6, 6.07) is 18.2. The smallest absolute Gasteiger partial charge is 0.382 e. The average Bonchev–Trinajstić information content (AvgIpc) is 2.97. The molecule has 0 aliphatic carbocycles. The van der Waals surface area contributed by atoms with Gasteiger partial charge in [0.1, 0.15) is 0 Å². The van der Waals surface area contributed by atoms with Crippen LogP contribution in [-0.4, -0.2) is 40.9 Å². The van der Waals surface area contributed by atoms with E-state index in [-0.39, 0.29) is 17.6 Å². The van der Waals surface area contributed by atoms with Gasteiger partial charge in [-0.15, -0.1) is 0 Å². The zero-order valence-electron chi connectivity index (χ0n) is 21.8. The summed E-state index contributed by atoms with van der Waals surface area (Å²) < 4.78 is 39.0. The number of nitrogen functional groups attached to an aromatic ring is 1. The van der Waals surface area contributed by atoms with Crippen LogP contribution < -0.4 is 21.7 Å². The number of hydrogen-bond acceptors (Lipinski definition) is 6. The minimum atomic E-state index is -4.45. The first-order chi connectivity index (χ1) is 19.7. The monoisotopic (exact) mass is 560 g/mol. The number of nitrogens with two attached hydrogens (primary N) is 1. The summed E-state index contributed by atoms with van der Waals surface area (Å²) in [5.41, 5.74) is 7.92. The Morgan fingerprint density at radius 2 is 1.73 bits per heavy atom. The summed E-state index contributed by atoms with van der Waals surface area (Å²) in [6.07, 6.45) is -1.18. The van der Waals surface area contributed by atoms with Crippen molar-refractivity contribution in [3.8, 4) is 22.4 Å². The van der Waals surface area contributed by atoms with E-state index in [1.165, 1.54) is 18.3 Å². The van der Waals surface area contributed by atoms with Crippen molar-refractivity contribution in [2.24, 2.45) is 0 Å². The standard InChI is InChI=1S/C30H27F3N6O2/c31-30(32,33)20-12-10-18(11-13-20)23-8-1-2-9-24(23)28(40)37-21-6-3-5-19(15-21)25-17-36-27(34)26(39-25)29(41)38-22-7-4-14-35-16-22/h1-3,5-6,8-13,15,17,22,35H,4,7,14,16H2,(H2,34,36)(H,37,40)(H,38,41)/t22-/m0/s1. The lowest BCUT2D eigenvalue weighted by molar-refractivity contribution is -0.137. The molecular weight excluding hydrogens is 533 g/mol. The molecule has 1 saturated heterocycles. The van der Waals surface area contributed by atoms with Crippen LogP contribution in [0.15, 0.2) is 79.0 Å². The molecule has 41 heavy (non-hydrogen) atoms. The molecule has 8 nitrogen and oxygen atoms in total. The van der Waals surface area contributed by atoms with Gasteiger partial charge in [-0.3, -0.25) is 9.59 Å². The Labute approximate surface area is 234 Å². The van der Waals surface area contributed by atoms with E-state index in [0.717, 1.165) is 31.5 Å². The SMILES string of the molecule is Nc1ncc(-c2cccc(NC(=O)c3ccccc3-c3ccc(C(F)(F)F)cc3)c2)nc1C(=O)N[C@H]1CCCNC1. The van der Waals surface area contributed by atoms with E-state index in [2.05, 4.69) is 25.9 Å². The van der Waals surface area contributed by atoms with Crippen LogP contribution >= 0.6 is 0 Å². The zero-order chi connectivity index (χ0) is 29.0. The van der Waals surface area contributed by atoms with Gasteiger partial charge in [-0.1, -0.05) is 42.5 Å². The number of carbonyl (C=O) groups is 2. The van der Waals surface area contributed by atoms with Crippen LogP contribution in [0, 0.1) is 0 Å². The lowest BCUT2D eigenvalue weighted by Crippen LogP contribution is -2.46. The predicted molar refractivity (Wildman–Crippen MR) is 150 cm³/mol. The number of alkyl halides is 3. The second kappa shape index (κ2) is 11.8. The highest BCUT2D eigenvalue weighted by Gasteiger charge is 2.30. The molecule has 5 N–H and O–H groups in total. The number of piperidine rings is 1. The van der Waals surface area contributed by atoms with Crippen LogP contribution in [0.2, 0.25) is 0 Å². The molecule has 0 unspecified atom stereocenters. The number of hydrogen-bond donors (Lipinski definition) is 4. The number of halogens is 3. The molecule has 1 atom stereocenters. The Morgan fingerprint density at radius 1 is 0.951 bits per heavy atom. The third-order valence-corrected chi connectivity index (χ3v) is 6.76. The van der Waals surface area contributed by atoms with Gasteiger partial charge >= 0.3 is 6.18 Å². The normalized spacial score (nSPS) is 15.2. The molecule has 1 aliphatic heterocycles. The predicted octanol–water partition coefficient (Wildman–Crippen LogP) is 5.15. The fraction of sp³-hybridized carbons (Fsp3) is 0.200. The Kier molecular flexibility index (Phi) is 7.97. The van der Waals surface area contributed by atoms with Gasteiger partial charge < -0.3 is 21.7 Å². The molecule has 210 valence electrons. The van der Waals surface area contributed by atoms with Crippen molar-refractivity contribution >= 4 is 23.3 Å². The molecule has 1 aromatic heterocycles. The number of benzene rings is 3. The van der Waals surface area contributed by atoms with E-state index >= 15 is 0 Å². The number of carbonyl (C=O) groups excluding carboxylic acids is 2. The van der Waals surface area contributed by atoms with Crippen LogP contribution in [0.3, 0.4) is 0 Å². The maximum atomic E-state index is 13.3. The molecule has 0 spiro atoms. The van der Waals surface area contributed by atoms with E-state index in [9.17, 15) is 22.8 Å². The summed E-state index contributed by atoms with van der Waals surface area (Å²) in [5, 5.41) is 9.02. The quantitative estimate of drug-likeness (QED) is 0.259. The van der Waals surface area contributed by atoms with Crippen LogP contribution in [0.25, 0.3) is 22.4 Å². The summed E-state index contributed by atoms with van der Waals surface area (Å²) in [6.45, 7) is 1.58. The Morgan fingerprint density at radius 3 is 2.46 bits per heavy atom. The third-order valence-electron chi connectivity index (χ3n) is 6.76. The molecule has 0 radical (unpaired) electrons. The topological polar surface area (TPSA) is 122 Å². The lowest BCUT2D eigenvalue weighted by atomic mass is 9.98. The molecule has 1 fully saturated rings. The summed E-state index contributed by atoms with van der Waals surface area (Å²) in [7, 11) is 0. The highest BCUT2D eigenvalue weighted by atomic mass is 19.4. The van der Waals surface area contributed by atoms with Crippen molar-refractivity contribution in [1.82, 2.24) is 20.6 Å². The van der Waals surface area contributed by atoms with Crippen LogP contribution in [0.5, 0.6) is 0 Å². The minimum absolute atomic E-state index is 0.0133. The highest BCUT2D eigenvalue weighted by molar-refractivity contribution is 6.09. The molecule has 4 aromatic rings. The van der Waals surface area contributed by atoms with Crippen molar-refractivity contribution in [3.63, 3.8) is 0 Å². The first-order valence-electron chi connectivity index (χ1n) is 13.0. The first-order valence-corrected chi connectivity index (χ1v) is 13.0. The number of nitrogens with one attached hydrogen (secondary N) is 3. The molecule has 3 aromatic carbocycles. The van der Waals surface area contributed by atoms with Crippen LogP contribution in [0.4, 0.5) is 24.7 Å². The molecule has 1 aliphatic rings. The van der Waals surface area contributed by atoms with Crippen molar-refractivity contribution in [2.45, 2.75) is 25.1 Å². The van der Waals surface area contributed by atoms with Crippen molar-refractivity contribution in [3.05, 3.63) is 95.8 Å². The Hall–Kier alpha value is -4.77. The number of amides is 2. The van der Waals surface area contributed by atoms with E-state index < -0.39 is 23.6 Å². The molecule has 5 rings (SSSR count). The van der Waals surface area contributed by atoms with Gasteiger partial charge in [0, 0.05) is 29.4 Å². The zero-order valence-corrected chi connectivity index (χ0v) is 21.8. The lowest BCUT2D eigenvalue weighted by Gasteiger charge is -2.23. The third kappa shape index (κ3) is 6.52. The van der Waals surface area contributed by atoms with Crippen molar-refractivity contribution in [2.75, 3.05) is 24.1 Å². The highest BCUT2D eigenvalue weighted by Crippen LogP contribution is 2.32. The number of rotatable bonds is 6. The van der Waals surface area contributed by atoms with Crippen molar-refractivity contribution < 1.29 is 22.8 Å². The van der Waals surface area contributed by atoms with Gasteiger partial charge in [0.15, 0.2) is 11.5 Å². The minimum Gasteiger partial charge on any atom is -0.382 e.